The molecule has 1 N–H and O–H groups in total. The van der Waals surface area contributed by atoms with Gasteiger partial charge in [0, 0.05) is 23.1 Å². The van der Waals surface area contributed by atoms with Gasteiger partial charge in [-0.05, 0) is 85.3 Å². The van der Waals surface area contributed by atoms with Crippen LogP contribution < -0.4 is 24.0 Å². The molecule has 2 saturated heterocycles. The molecule has 302 valence electrons. The predicted octanol–water partition coefficient (Wildman–Crippen LogP) is 8.59. The first-order valence-electron chi connectivity index (χ1n) is 20.1. The molecule has 3 fully saturated rings. The topological polar surface area (TPSA) is 123 Å². The van der Waals surface area contributed by atoms with E-state index in [9.17, 15) is 24.3 Å². The molecule has 0 spiro atoms. The number of methoxy groups -OCH3 is 2. The number of carbonyl (C=O) groups excluding carboxylic acids is 4. The number of aromatic hydroxyl groups is 1. The van der Waals surface area contributed by atoms with Crippen LogP contribution in [0.1, 0.15) is 47.9 Å². The summed E-state index contributed by atoms with van der Waals surface area (Å²) in [6, 6.07) is 36.4. The van der Waals surface area contributed by atoms with Crippen molar-refractivity contribution >= 4 is 47.2 Å². The average molecular weight is 801 g/mol. The summed E-state index contributed by atoms with van der Waals surface area (Å²) >= 11 is 0. The molecule has 4 aliphatic rings. The molecule has 0 aromatic heterocycles. The van der Waals surface area contributed by atoms with Crippen molar-refractivity contribution in [2.45, 2.75) is 32.3 Å². The second kappa shape index (κ2) is 15.3. The number of phenolic OH excluding ortho intramolecular Hbond substituents is 1. The van der Waals surface area contributed by atoms with E-state index in [-0.39, 0.29) is 42.2 Å². The van der Waals surface area contributed by atoms with Crippen LogP contribution in [0.2, 0.25) is 0 Å². The van der Waals surface area contributed by atoms with Crippen LogP contribution >= 0.6 is 0 Å². The largest absolute Gasteiger partial charge is 0.508 e. The van der Waals surface area contributed by atoms with Crippen molar-refractivity contribution in [3.63, 3.8) is 0 Å². The molecule has 6 atom stereocenters. The molecule has 5 aromatic carbocycles. The van der Waals surface area contributed by atoms with Crippen LogP contribution in [0.25, 0.3) is 12.2 Å². The van der Waals surface area contributed by atoms with E-state index < -0.39 is 35.0 Å². The SMILES string of the molecule is COc1ccc(OC)c(C=Cc2ccc(N3C(=O)C4CC=C5C(CC6C(=O)N(c7ccccc7)C(=O)C6(C)C5c5ccc(OCc6ccccc6)cc5O)C4C3=O)cc2)c1. The van der Waals surface area contributed by atoms with Crippen LogP contribution in [0.3, 0.4) is 0 Å². The Morgan fingerprint density at radius 1 is 0.717 bits per heavy atom. The molecule has 10 heteroatoms. The maximum Gasteiger partial charge on any atom is 0.241 e. The van der Waals surface area contributed by atoms with Gasteiger partial charge in [-0.1, -0.05) is 90.5 Å². The molecular formula is C50H44N2O8. The summed E-state index contributed by atoms with van der Waals surface area (Å²) < 4.78 is 16.9. The lowest BCUT2D eigenvalue weighted by Crippen LogP contribution is -2.48. The molecule has 4 amide bonds. The molecular weight excluding hydrogens is 757 g/mol. The fraction of sp³-hybridized carbons (Fsp3) is 0.240. The Morgan fingerprint density at radius 3 is 2.12 bits per heavy atom. The lowest BCUT2D eigenvalue weighted by Gasteiger charge is -2.49. The zero-order valence-corrected chi connectivity index (χ0v) is 33.5. The summed E-state index contributed by atoms with van der Waals surface area (Å²) in [6.45, 7) is 2.10. The lowest BCUT2D eigenvalue weighted by molar-refractivity contribution is -0.131. The van der Waals surface area contributed by atoms with Gasteiger partial charge in [0.25, 0.3) is 0 Å². The zero-order chi connectivity index (χ0) is 41.7. The highest BCUT2D eigenvalue weighted by Gasteiger charge is 2.68. The first-order valence-corrected chi connectivity index (χ1v) is 20.1. The van der Waals surface area contributed by atoms with E-state index in [4.69, 9.17) is 14.2 Å². The number of phenols is 1. The van der Waals surface area contributed by atoms with E-state index in [1.54, 1.807) is 68.8 Å². The average Bonchev–Trinajstić information content (AvgIpc) is 3.65. The minimum atomic E-state index is -1.30. The van der Waals surface area contributed by atoms with Gasteiger partial charge in [0.05, 0.1) is 48.8 Å². The molecule has 2 aliphatic carbocycles. The Bertz CT molecular complexity index is 2570. The van der Waals surface area contributed by atoms with E-state index in [0.29, 0.717) is 40.8 Å². The van der Waals surface area contributed by atoms with Gasteiger partial charge in [0.15, 0.2) is 0 Å². The fourth-order valence-corrected chi connectivity index (χ4v) is 9.93. The number of rotatable bonds is 10. The van der Waals surface area contributed by atoms with Gasteiger partial charge in [-0.25, -0.2) is 4.90 Å². The summed E-state index contributed by atoms with van der Waals surface area (Å²) in [5, 5.41) is 11.8. The monoisotopic (exact) mass is 800 g/mol. The summed E-state index contributed by atoms with van der Waals surface area (Å²) in [5.41, 5.74) is 3.52. The van der Waals surface area contributed by atoms with Crippen molar-refractivity contribution in [2.75, 3.05) is 24.0 Å². The van der Waals surface area contributed by atoms with Crippen molar-refractivity contribution in [1.82, 2.24) is 0 Å². The Balaban J connectivity index is 1.05. The number of nitrogens with zero attached hydrogens (tertiary/aromatic N) is 2. The highest BCUT2D eigenvalue weighted by atomic mass is 16.5. The molecule has 0 bridgehead atoms. The summed E-state index contributed by atoms with van der Waals surface area (Å²) in [5.74, 6) is -3.12. The predicted molar refractivity (Wildman–Crippen MR) is 227 cm³/mol. The van der Waals surface area contributed by atoms with Gasteiger partial charge in [-0.3, -0.25) is 24.1 Å². The summed E-state index contributed by atoms with van der Waals surface area (Å²) in [4.78, 5) is 60.8. The molecule has 1 saturated carbocycles. The van der Waals surface area contributed by atoms with E-state index in [2.05, 4.69) is 0 Å². The number of hydrogen-bond acceptors (Lipinski definition) is 8. The Morgan fingerprint density at radius 2 is 1.42 bits per heavy atom. The minimum Gasteiger partial charge on any atom is -0.508 e. The Labute approximate surface area is 348 Å². The Hall–Kier alpha value is -6.94. The molecule has 0 radical (unpaired) electrons. The first-order chi connectivity index (χ1) is 29.1. The highest BCUT2D eigenvalue weighted by molar-refractivity contribution is 6.25. The molecule has 10 nitrogen and oxygen atoms in total. The van der Waals surface area contributed by atoms with Crippen LogP contribution in [0.4, 0.5) is 11.4 Å². The normalized spacial score (nSPS) is 24.6. The third-order valence-corrected chi connectivity index (χ3v) is 12.9. The van der Waals surface area contributed by atoms with Crippen molar-refractivity contribution in [2.24, 2.45) is 29.1 Å². The number of anilines is 2. The van der Waals surface area contributed by atoms with Crippen LogP contribution in [0, 0.1) is 29.1 Å². The van der Waals surface area contributed by atoms with E-state index in [1.807, 2.05) is 91.9 Å². The molecule has 60 heavy (non-hydrogen) atoms. The lowest BCUT2D eigenvalue weighted by atomic mass is 9.51. The molecule has 9 rings (SSSR count). The van der Waals surface area contributed by atoms with Crippen LogP contribution in [0.5, 0.6) is 23.0 Å². The third kappa shape index (κ3) is 6.34. The first kappa shape index (κ1) is 38.6. The smallest absolute Gasteiger partial charge is 0.241 e. The van der Waals surface area contributed by atoms with Gasteiger partial charge in [-0.15, -0.1) is 0 Å². The fourth-order valence-electron chi connectivity index (χ4n) is 9.93. The van der Waals surface area contributed by atoms with Crippen LogP contribution in [0.15, 0.2) is 133 Å². The second-order valence-electron chi connectivity index (χ2n) is 16.0. The van der Waals surface area contributed by atoms with Crippen LogP contribution in [-0.4, -0.2) is 43.0 Å². The number of carbonyl (C=O) groups is 4. The number of benzene rings is 5. The second-order valence-corrected chi connectivity index (χ2v) is 16.0. The number of allylic oxidation sites excluding steroid dienone is 2. The summed E-state index contributed by atoms with van der Waals surface area (Å²) in [7, 11) is 3.21. The van der Waals surface area contributed by atoms with Gasteiger partial charge in [-0.2, -0.15) is 0 Å². The van der Waals surface area contributed by atoms with Gasteiger partial charge in [0.1, 0.15) is 29.6 Å². The maximum atomic E-state index is 14.8. The van der Waals surface area contributed by atoms with Crippen molar-refractivity contribution in [3.8, 4) is 23.0 Å². The van der Waals surface area contributed by atoms with Crippen molar-refractivity contribution in [1.29, 1.82) is 0 Å². The zero-order valence-electron chi connectivity index (χ0n) is 33.5. The van der Waals surface area contributed by atoms with E-state index >= 15 is 0 Å². The quantitative estimate of drug-likeness (QED) is 0.0847. The highest BCUT2D eigenvalue weighted by Crippen LogP contribution is 2.64. The van der Waals surface area contributed by atoms with Crippen molar-refractivity contribution < 1.29 is 38.5 Å². The van der Waals surface area contributed by atoms with Crippen LogP contribution in [-0.2, 0) is 25.8 Å². The molecule has 5 aromatic rings. The molecule has 6 unspecified atom stereocenters. The van der Waals surface area contributed by atoms with E-state index in [0.717, 1.165) is 22.3 Å². The molecule has 2 heterocycles. The molecule has 2 aliphatic heterocycles. The van der Waals surface area contributed by atoms with Gasteiger partial charge >= 0.3 is 0 Å². The number of amides is 4. The minimum absolute atomic E-state index is 0.0814. The number of hydrogen-bond donors (Lipinski definition) is 1. The number of fused-ring (bicyclic) bond motifs is 4. The Kier molecular flexibility index (Phi) is 9.86. The number of imide groups is 2. The summed E-state index contributed by atoms with van der Waals surface area (Å²) in [6.07, 6.45) is 6.29. The van der Waals surface area contributed by atoms with Gasteiger partial charge in [0.2, 0.25) is 23.6 Å². The number of ether oxygens (including phenoxy) is 3. The van der Waals surface area contributed by atoms with Crippen molar-refractivity contribution in [3.05, 3.63) is 155 Å². The standard InChI is InChI=1S/C50H44N2O8/c1-50-41(47(55)52(49(50)57)33-12-8-5-9-13-33)28-40-37(45(50)38-22-20-36(27-42(38)53)60-29-31-10-6-4-7-11-31)23-24-39-44(40)48(56)51(46(39)54)34-18-15-30(16-19-34)14-17-32-26-35(58-2)21-25-43(32)59-3/h4-23,25-27,39-41,44-45,53H,24,28-29H2,1-3H3. The third-order valence-electron chi connectivity index (χ3n) is 12.9. The van der Waals surface area contributed by atoms with E-state index in [1.165, 1.54) is 9.80 Å². The van der Waals surface area contributed by atoms with Gasteiger partial charge < -0.3 is 19.3 Å². The maximum absolute atomic E-state index is 14.8. The number of para-hydroxylation sites is 1.